The largest absolute Gasteiger partial charge is 0.480 e. The number of carbonyl (C=O) groups is 2. The van der Waals surface area contributed by atoms with E-state index in [-0.39, 0.29) is 24.7 Å². The van der Waals surface area contributed by atoms with Crippen LogP contribution in [0.15, 0.2) is 0 Å². The maximum Gasteiger partial charge on any atom is 0.320 e. The molecule has 0 spiro atoms. The van der Waals surface area contributed by atoms with Crippen LogP contribution in [0.3, 0.4) is 0 Å². The van der Waals surface area contributed by atoms with Gasteiger partial charge in [0.05, 0.1) is 18.7 Å². The normalized spacial score (nSPS) is 27.4. The van der Waals surface area contributed by atoms with E-state index in [1.807, 2.05) is 23.8 Å². The van der Waals surface area contributed by atoms with Crippen LogP contribution in [0.1, 0.15) is 19.8 Å². The summed E-state index contributed by atoms with van der Waals surface area (Å²) in [7, 11) is 1.83. The van der Waals surface area contributed by atoms with Crippen molar-refractivity contribution in [1.82, 2.24) is 14.7 Å². The minimum atomic E-state index is -0.816. The van der Waals surface area contributed by atoms with Crippen molar-refractivity contribution in [1.29, 1.82) is 0 Å². The summed E-state index contributed by atoms with van der Waals surface area (Å²) in [6, 6.07) is 0.158. The van der Waals surface area contributed by atoms with Crippen molar-refractivity contribution in [2.75, 3.05) is 46.4 Å². The molecule has 2 fully saturated rings. The van der Waals surface area contributed by atoms with Gasteiger partial charge in [-0.15, -0.1) is 0 Å². The Bertz CT molecular complexity index is 390. The Balaban J connectivity index is 1.89. The molecule has 0 aromatic rings. The number of nitrogens with zero attached hydrogens (tertiary/aromatic N) is 3. The summed E-state index contributed by atoms with van der Waals surface area (Å²) in [4.78, 5) is 28.8. The Morgan fingerprint density at radius 3 is 2.67 bits per heavy atom. The van der Waals surface area contributed by atoms with E-state index < -0.39 is 5.97 Å². The second-order valence-corrected chi connectivity index (χ2v) is 5.84. The van der Waals surface area contributed by atoms with Crippen molar-refractivity contribution < 1.29 is 19.4 Å². The number of hydrogen-bond donors (Lipinski definition) is 1. The Morgan fingerprint density at radius 1 is 1.29 bits per heavy atom. The zero-order chi connectivity index (χ0) is 15.4. The molecule has 7 nitrogen and oxygen atoms in total. The van der Waals surface area contributed by atoms with Crippen LogP contribution < -0.4 is 0 Å². The van der Waals surface area contributed by atoms with E-state index in [0.717, 1.165) is 19.4 Å². The van der Waals surface area contributed by atoms with Crippen LogP contribution in [0.2, 0.25) is 0 Å². The lowest BCUT2D eigenvalue weighted by atomic mass is 10.1. The van der Waals surface area contributed by atoms with Gasteiger partial charge < -0.3 is 19.6 Å². The molecule has 2 unspecified atom stereocenters. The summed E-state index contributed by atoms with van der Waals surface area (Å²) >= 11 is 0. The number of amides is 2. The fourth-order valence-electron chi connectivity index (χ4n) is 3.11. The third-order valence-corrected chi connectivity index (χ3v) is 4.35. The van der Waals surface area contributed by atoms with Gasteiger partial charge >= 0.3 is 12.0 Å². The number of hydrogen-bond acceptors (Lipinski definition) is 4. The Kier molecular flexibility index (Phi) is 5.41. The molecule has 0 radical (unpaired) electrons. The summed E-state index contributed by atoms with van der Waals surface area (Å²) in [5.41, 5.74) is 0. The summed E-state index contributed by atoms with van der Waals surface area (Å²) < 4.78 is 5.52. The first-order chi connectivity index (χ1) is 9.99. The predicted molar refractivity (Wildman–Crippen MR) is 77.2 cm³/mol. The van der Waals surface area contributed by atoms with Crippen LogP contribution in [0.5, 0.6) is 0 Å². The molecular formula is C14H25N3O4. The van der Waals surface area contributed by atoms with Gasteiger partial charge in [-0.3, -0.25) is 9.69 Å². The number of carbonyl (C=O) groups excluding carboxylic acids is 1. The molecule has 2 heterocycles. The molecule has 2 aliphatic heterocycles. The van der Waals surface area contributed by atoms with Gasteiger partial charge in [0, 0.05) is 39.8 Å². The monoisotopic (exact) mass is 299 g/mol. The van der Waals surface area contributed by atoms with E-state index >= 15 is 0 Å². The van der Waals surface area contributed by atoms with Gasteiger partial charge in [-0.25, -0.2) is 4.79 Å². The van der Waals surface area contributed by atoms with Crippen molar-refractivity contribution in [3.8, 4) is 0 Å². The molecule has 0 saturated carbocycles. The van der Waals surface area contributed by atoms with Crippen LogP contribution in [0.4, 0.5) is 4.79 Å². The standard InChI is InChI=1S/C14H25N3O4/c1-11-12(4-9-21-11)15(2)14(20)17-6-3-5-16(7-8-17)10-13(18)19/h11-12H,3-10H2,1-2H3,(H,18,19). The van der Waals surface area contributed by atoms with Crippen LogP contribution in [0.25, 0.3) is 0 Å². The molecule has 2 rings (SSSR count). The van der Waals surface area contributed by atoms with E-state index in [9.17, 15) is 9.59 Å². The second-order valence-electron chi connectivity index (χ2n) is 5.84. The van der Waals surface area contributed by atoms with Gasteiger partial charge in [0.15, 0.2) is 0 Å². The molecule has 2 saturated heterocycles. The lowest BCUT2D eigenvalue weighted by molar-refractivity contribution is -0.138. The SMILES string of the molecule is CC1OCCC1N(C)C(=O)N1CCCN(CC(=O)O)CC1. The highest BCUT2D eigenvalue weighted by Gasteiger charge is 2.33. The Hall–Kier alpha value is -1.34. The van der Waals surface area contributed by atoms with Gasteiger partial charge in [-0.1, -0.05) is 0 Å². The van der Waals surface area contributed by atoms with E-state index in [1.165, 1.54) is 0 Å². The first-order valence-electron chi connectivity index (χ1n) is 7.56. The van der Waals surface area contributed by atoms with Gasteiger partial charge in [0.1, 0.15) is 0 Å². The van der Waals surface area contributed by atoms with Gasteiger partial charge in [0.2, 0.25) is 0 Å². The zero-order valence-corrected chi connectivity index (χ0v) is 12.8. The molecule has 0 aromatic carbocycles. The summed E-state index contributed by atoms with van der Waals surface area (Å²) in [5.74, 6) is -0.816. The average Bonchev–Trinajstić information content (AvgIpc) is 2.72. The maximum absolute atomic E-state index is 12.6. The number of carboxylic acid groups (broad SMARTS) is 1. The molecule has 0 aromatic heterocycles. The molecule has 7 heteroatoms. The number of likely N-dealkylation sites (N-methyl/N-ethyl adjacent to an activating group) is 1. The molecule has 2 aliphatic rings. The lowest BCUT2D eigenvalue weighted by Crippen LogP contribution is -2.49. The summed E-state index contributed by atoms with van der Waals surface area (Å²) in [6.45, 7) is 5.35. The van der Waals surface area contributed by atoms with Gasteiger partial charge in [-0.05, 0) is 19.8 Å². The minimum Gasteiger partial charge on any atom is -0.480 e. The average molecular weight is 299 g/mol. The summed E-state index contributed by atoms with van der Waals surface area (Å²) in [6.07, 6.45) is 1.76. The summed E-state index contributed by atoms with van der Waals surface area (Å²) in [5, 5.41) is 8.85. The fraction of sp³-hybridized carbons (Fsp3) is 0.857. The quantitative estimate of drug-likeness (QED) is 0.812. The van der Waals surface area contributed by atoms with Crippen LogP contribution >= 0.6 is 0 Å². The minimum absolute atomic E-state index is 0.0227. The molecule has 0 aliphatic carbocycles. The van der Waals surface area contributed by atoms with E-state index in [4.69, 9.17) is 9.84 Å². The molecule has 0 bridgehead atoms. The topological polar surface area (TPSA) is 73.3 Å². The van der Waals surface area contributed by atoms with Gasteiger partial charge in [-0.2, -0.15) is 0 Å². The van der Waals surface area contributed by atoms with Crippen molar-refractivity contribution in [2.24, 2.45) is 0 Å². The van der Waals surface area contributed by atoms with Gasteiger partial charge in [0.25, 0.3) is 0 Å². The van der Waals surface area contributed by atoms with Crippen molar-refractivity contribution in [3.63, 3.8) is 0 Å². The highest BCUT2D eigenvalue weighted by Crippen LogP contribution is 2.19. The molecule has 2 amide bonds. The predicted octanol–water partition coefficient (Wildman–Crippen LogP) is 0.308. The van der Waals surface area contributed by atoms with E-state index in [2.05, 4.69) is 0 Å². The van der Waals surface area contributed by atoms with Crippen LogP contribution in [-0.4, -0.2) is 90.3 Å². The fourth-order valence-corrected chi connectivity index (χ4v) is 3.11. The third kappa shape index (κ3) is 4.07. The number of carboxylic acids is 1. The highest BCUT2D eigenvalue weighted by atomic mass is 16.5. The maximum atomic E-state index is 12.6. The van der Waals surface area contributed by atoms with Crippen molar-refractivity contribution in [3.05, 3.63) is 0 Å². The molecule has 21 heavy (non-hydrogen) atoms. The first-order valence-corrected chi connectivity index (χ1v) is 7.56. The zero-order valence-electron chi connectivity index (χ0n) is 12.8. The highest BCUT2D eigenvalue weighted by molar-refractivity contribution is 5.74. The Labute approximate surface area is 125 Å². The van der Waals surface area contributed by atoms with Crippen LogP contribution in [0, 0.1) is 0 Å². The van der Waals surface area contributed by atoms with Crippen LogP contribution in [-0.2, 0) is 9.53 Å². The smallest absolute Gasteiger partial charge is 0.320 e. The number of aliphatic carboxylic acids is 1. The molecule has 1 N–H and O–H groups in total. The van der Waals surface area contributed by atoms with Crippen molar-refractivity contribution in [2.45, 2.75) is 31.9 Å². The van der Waals surface area contributed by atoms with E-state index in [1.54, 1.807) is 4.90 Å². The van der Waals surface area contributed by atoms with E-state index in [0.29, 0.717) is 26.2 Å². The Morgan fingerprint density at radius 2 is 2.05 bits per heavy atom. The first kappa shape index (κ1) is 16.0. The second kappa shape index (κ2) is 7.09. The number of rotatable bonds is 3. The number of urea groups is 1. The molecule has 120 valence electrons. The molecule has 2 atom stereocenters. The molecular weight excluding hydrogens is 274 g/mol. The van der Waals surface area contributed by atoms with Crippen molar-refractivity contribution >= 4 is 12.0 Å². The third-order valence-electron chi connectivity index (χ3n) is 4.35. The number of ether oxygens (including phenoxy) is 1. The lowest BCUT2D eigenvalue weighted by Gasteiger charge is -2.32.